The molecule has 0 bridgehead atoms. The Morgan fingerprint density at radius 1 is 0.354 bits per heavy atom. The Labute approximate surface area is 337 Å². The maximum absolute atomic E-state index is 11.7. The van der Waals surface area contributed by atoms with E-state index in [-0.39, 0.29) is 78.2 Å². The van der Waals surface area contributed by atoms with Gasteiger partial charge >= 0.3 is 68.5 Å². The Kier molecular flexibility index (Phi) is 16.0. The second-order valence-corrected chi connectivity index (χ2v) is 17.7. The van der Waals surface area contributed by atoms with Gasteiger partial charge in [-0.05, 0) is 72.8 Å². The van der Waals surface area contributed by atoms with E-state index in [0.717, 1.165) is 21.2 Å². The summed E-state index contributed by atoms with van der Waals surface area (Å²) in [4.78, 5) is -0.247. The van der Waals surface area contributed by atoms with Gasteiger partial charge in [0.2, 0.25) is 0 Å². The molecule has 0 unspecified atom stereocenters. The van der Waals surface area contributed by atoms with Gasteiger partial charge in [0, 0.05) is 0 Å². The van der Waals surface area contributed by atoms with E-state index in [9.17, 15) is 25.9 Å². The molecule has 6 rings (SSSR count). The van der Waals surface area contributed by atoms with Crippen LogP contribution in [0.4, 0.5) is 0 Å². The maximum Gasteiger partial charge on any atom is 1.00 e. The first kappa shape index (κ1) is 40.6. The Bertz CT molecular complexity index is 1880. The molecule has 0 aliphatic heterocycles. The van der Waals surface area contributed by atoms with Gasteiger partial charge in [-0.25, -0.2) is 16.8 Å². The van der Waals surface area contributed by atoms with E-state index in [1.165, 1.54) is 12.1 Å². The van der Waals surface area contributed by atoms with Crippen LogP contribution in [-0.2, 0) is 37.3 Å². The molecule has 242 valence electrons. The van der Waals surface area contributed by atoms with Crippen molar-refractivity contribution in [3.63, 3.8) is 0 Å². The second kappa shape index (κ2) is 19.0. The van der Waals surface area contributed by atoms with Crippen LogP contribution in [0.25, 0.3) is 0 Å². The fourth-order valence-electron chi connectivity index (χ4n) is 5.16. The van der Waals surface area contributed by atoms with Crippen LogP contribution in [-0.4, -0.2) is 25.9 Å². The smallest absolute Gasteiger partial charge is 0.744 e. The fraction of sp³-hybridized carbons (Fsp3) is 0. The van der Waals surface area contributed by atoms with Gasteiger partial charge in [-0.15, -0.1) is 0 Å². The summed E-state index contributed by atoms with van der Waals surface area (Å²) in [6.45, 7) is 0. The predicted molar refractivity (Wildman–Crippen MR) is 189 cm³/mol. The molecule has 0 atom stereocenters. The molecule has 0 heterocycles. The normalized spacial score (nSPS) is 11.1. The van der Waals surface area contributed by atoms with E-state index in [1.807, 2.05) is 121 Å². The van der Waals surface area contributed by atoms with Gasteiger partial charge < -0.3 is 9.11 Å². The third-order valence-electron chi connectivity index (χ3n) is 7.10. The van der Waals surface area contributed by atoms with Crippen molar-refractivity contribution in [1.29, 1.82) is 0 Å². The average Bonchev–Trinajstić information content (AvgIpc) is 3.07. The van der Waals surface area contributed by atoms with Crippen LogP contribution >= 0.6 is 15.8 Å². The van der Waals surface area contributed by atoms with E-state index < -0.39 is 36.1 Å². The van der Waals surface area contributed by atoms with Crippen LogP contribution in [0.15, 0.2) is 180 Å². The van der Waals surface area contributed by atoms with E-state index in [0.29, 0.717) is 10.6 Å². The number of benzene rings is 6. The van der Waals surface area contributed by atoms with Gasteiger partial charge in [0.15, 0.2) is 0 Å². The average molecular weight is 787 g/mol. The van der Waals surface area contributed by atoms with Gasteiger partial charge in [0.1, 0.15) is 52.1 Å². The minimum absolute atomic E-state index is 0. The van der Waals surface area contributed by atoms with Crippen LogP contribution in [0.2, 0.25) is 0 Å². The molecule has 0 saturated carbocycles. The summed E-state index contributed by atoms with van der Waals surface area (Å²) in [5.74, 6) is 0. The summed E-state index contributed by atoms with van der Waals surface area (Å²) >= 11 is 0. The first-order valence-electron chi connectivity index (χ1n) is 14.2. The predicted octanol–water partition coefficient (Wildman–Crippen LogP) is 1.16. The second-order valence-electron chi connectivity index (χ2n) is 10.1. The molecule has 6 nitrogen and oxygen atoms in total. The fourth-order valence-corrected chi connectivity index (χ4v) is 12.9. The van der Waals surface area contributed by atoms with Crippen molar-refractivity contribution in [2.24, 2.45) is 0 Å². The zero-order valence-electron chi connectivity index (χ0n) is 25.7. The van der Waals surface area contributed by atoms with Crippen molar-refractivity contribution in [3.05, 3.63) is 170 Å². The van der Waals surface area contributed by atoms with Crippen LogP contribution in [0, 0.1) is 0 Å². The van der Waals surface area contributed by atoms with Crippen molar-refractivity contribution in [2.75, 3.05) is 0 Å². The molecule has 0 saturated heterocycles. The molecule has 6 aromatic rings. The molecular weight excluding hydrogens is 757 g/mol. The topological polar surface area (TPSA) is 114 Å². The Balaban J connectivity index is 0.000000250. The summed E-state index contributed by atoms with van der Waals surface area (Å²) < 4.78 is 70.1. The minimum atomic E-state index is -4.52. The molecular formula is C36H30CuKO6P2S2+2. The first-order valence-corrected chi connectivity index (χ1v) is 20.0. The molecule has 0 spiro atoms. The zero-order chi connectivity index (χ0) is 32.6. The zero-order valence-corrected chi connectivity index (χ0v) is 33.4. The molecule has 12 heteroatoms. The van der Waals surface area contributed by atoms with Crippen molar-refractivity contribution in [1.82, 2.24) is 0 Å². The summed E-state index contributed by atoms with van der Waals surface area (Å²) in [5, 5.41) is 5.37. The van der Waals surface area contributed by atoms with E-state index in [4.69, 9.17) is 0 Å². The van der Waals surface area contributed by atoms with Crippen LogP contribution in [0.3, 0.4) is 0 Å². The minimum Gasteiger partial charge on any atom is -0.744 e. The van der Waals surface area contributed by atoms with Crippen molar-refractivity contribution < 1.29 is 94.4 Å². The Morgan fingerprint density at radius 2 is 0.562 bits per heavy atom. The Hall–Kier alpha value is -1.84. The van der Waals surface area contributed by atoms with E-state index in [2.05, 4.69) is 0 Å². The molecule has 6 aromatic carbocycles. The molecule has 48 heavy (non-hydrogen) atoms. The van der Waals surface area contributed by atoms with Crippen LogP contribution < -0.4 is 83.2 Å². The SMILES string of the molecule is O=S(=O)([O-])c1ccccc1[PH+](c1ccccc1)c1ccccc1.O=S(=O)([O-])c1ccccc1[PH+](c1ccccc1)c1ccccc1.[Cu+].[K+]. The maximum atomic E-state index is 11.7. The quantitative estimate of drug-likeness (QED) is 0.130. The number of hydrogen-bond acceptors (Lipinski definition) is 6. The summed E-state index contributed by atoms with van der Waals surface area (Å²) in [5.41, 5.74) is 0. The molecule has 0 amide bonds. The van der Waals surface area contributed by atoms with Gasteiger partial charge in [0.25, 0.3) is 0 Å². The third kappa shape index (κ3) is 10.6. The third-order valence-corrected chi connectivity index (χ3v) is 14.8. The van der Waals surface area contributed by atoms with Crippen molar-refractivity contribution in [3.8, 4) is 0 Å². The Morgan fingerprint density at radius 3 is 0.792 bits per heavy atom. The molecule has 0 fully saturated rings. The number of rotatable bonds is 8. The van der Waals surface area contributed by atoms with Crippen molar-refractivity contribution >= 4 is 67.9 Å². The largest absolute Gasteiger partial charge is 1.00 e. The molecule has 0 aliphatic rings. The van der Waals surface area contributed by atoms with Crippen LogP contribution in [0.5, 0.6) is 0 Å². The van der Waals surface area contributed by atoms with Crippen LogP contribution in [0.1, 0.15) is 0 Å². The molecule has 0 aromatic heterocycles. The van der Waals surface area contributed by atoms with Gasteiger partial charge in [-0.3, -0.25) is 0 Å². The van der Waals surface area contributed by atoms with E-state index in [1.54, 1.807) is 36.4 Å². The summed E-state index contributed by atoms with van der Waals surface area (Å²) in [6, 6.07) is 52.0. The van der Waals surface area contributed by atoms with Gasteiger partial charge in [-0.1, -0.05) is 97.1 Å². The number of hydrogen-bond donors (Lipinski definition) is 0. The molecule has 0 radical (unpaired) electrons. The molecule has 0 aliphatic carbocycles. The monoisotopic (exact) mass is 786 g/mol. The summed E-state index contributed by atoms with van der Waals surface area (Å²) in [6.07, 6.45) is 0. The van der Waals surface area contributed by atoms with Gasteiger partial charge in [0.05, 0.1) is 25.6 Å². The first-order chi connectivity index (χ1) is 22.1. The molecule has 0 N–H and O–H groups in total. The standard InChI is InChI=1S/2C18H15O3PS.Cu.K/c2*19-23(20,21)18-14-8-7-13-17(18)22(15-9-3-1-4-10-15)16-11-5-2-6-12-16;;/h2*1-14H,(H,19,20,21);;/q;;2*+1. The van der Waals surface area contributed by atoms with Crippen molar-refractivity contribution in [2.45, 2.75) is 9.79 Å². The summed E-state index contributed by atoms with van der Waals surface area (Å²) in [7, 11) is -12.2. The van der Waals surface area contributed by atoms with Gasteiger partial charge in [-0.2, -0.15) is 0 Å². The van der Waals surface area contributed by atoms with E-state index >= 15 is 0 Å².